The highest BCUT2D eigenvalue weighted by Gasteiger charge is 2.17. The molecule has 100 valence electrons. The highest BCUT2D eigenvalue weighted by Crippen LogP contribution is 2.21. The fraction of sp³-hybridized carbons (Fsp3) is 0.0909. The molecular weight excluding hydrogens is 293 g/mol. The zero-order chi connectivity index (χ0) is 14.0. The van der Waals surface area contributed by atoms with Crippen molar-refractivity contribution in [2.24, 2.45) is 0 Å². The third kappa shape index (κ3) is 2.99. The van der Waals surface area contributed by atoms with Crippen LogP contribution in [0.25, 0.3) is 0 Å². The number of halogens is 2. The predicted molar refractivity (Wildman–Crippen MR) is 69.0 cm³/mol. The summed E-state index contributed by atoms with van der Waals surface area (Å²) in [6.45, 7) is 1.48. The highest BCUT2D eigenvalue weighted by atomic mass is 35.5. The van der Waals surface area contributed by atoms with E-state index in [1.807, 2.05) is 0 Å². The normalized spacial score (nSPS) is 11.3. The molecule has 0 aliphatic carbocycles. The van der Waals surface area contributed by atoms with E-state index in [0.29, 0.717) is 0 Å². The summed E-state index contributed by atoms with van der Waals surface area (Å²) >= 11 is 5.48. The maximum atomic E-state index is 13.3. The third-order valence-electron chi connectivity index (χ3n) is 2.42. The fourth-order valence-corrected chi connectivity index (χ4v) is 2.47. The standard InChI is InChI=1S/C11H9ClFN3O2S/c1-7-9(13)3-2-4-10(7)16-19(17,18)8-5-14-11(12)15-6-8/h2-6,16H,1H3. The van der Waals surface area contributed by atoms with E-state index in [9.17, 15) is 12.8 Å². The number of anilines is 1. The predicted octanol–water partition coefficient (Wildman–Crippen LogP) is 2.38. The van der Waals surface area contributed by atoms with E-state index in [1.54, 1.807) is 0 Å². The number of hydrogen-bond acceptors (Lipinski definition) is 4. The lowest BCUT2D eigenvalue weighted by molar-refractivity contribution is 0.600. The molecule has 8 heteroatoms. The van der Waals surface area contributed by atoms with Crippen LogP contribution in [0.15, 0.2) is 35.5 Å². The molecule has 0 atom stereocenters. The van der Waals surface area contributed by atoms with E-state index in [2.05, 4.69) is 14.7 Å². The Balaban J connectivity index is 2.36. The second kappa shape index (κ2) is 5.10. The molecule has 19 heavy (non-hydrogen) atoms. The smallest absolute Gasteiger partial charge is 0.264 e. The van der Waals surface area contributed by atoms with E-state index in [1.165, 1.54) is 25.1 Å². The van der Waals surface area contributed by atoms with Crippen LogP contribution in [-0.2, 0) is 10.0 Å². The van der Waals surface area contributed by atoms with Gasteiger partial charge < -0.3 is 0 Å². The molecule has 0 saturated carbocycles. The Labute approximate surface area is 114 Å². The summed E-state index contributed by atoms with van der Waals surface area (Å²) in [5.74, 6) is -0.493. The lowest BCUT2D eigenvalue weighted by Gasteiger charge is -2.10. The zero-order valence-electron chi connectivity index (χ0n) is 9.76. The van der Waals surface area contributed by atoms with Gasteiger partial charge in [0.05, 0.1) is 18.1 Å². The van der Waals surface area contributed by atoms with Crippen LogP contribution in [0.3, 0.4) is 0 Å². The molecule has 0 unspecified atom stereocenters. The Morgan fingerprint density at radius 2 is 1.89 bits per heavy atom. The first-order chi connectivity index (χ1) is 8.90. The van der Waals surface area contributed by atoms with E-state index in [4.69, 9.17) is 11.6 Å². The molecule has 0 aliphatic heterocycles. The van der Waals surface area contributed by atoms with E-state index in [-0.39, 0.29) is 21.4 Å². The van der Waals surface area contributed by atoms with Crippen LogP contribution in [0.4, 0.5) is 10.1 Å². The van der Waals surface area contributed by atoms with Crippen molar-refractivity contribution in [2.75, 3.05) is 4.72 Å². The molecule has 1 aromatic heterocycles. The highest BCUT2D eigenvalue weighted by molar-refractivity contribution is 7.92. The summed E-state index contributed by atoms with van der Waals surface area (Å²) in [7, 11) is -3.87. The number of hydrogen-bond donors (Lipinski definition) is 1. The molecule has 0 fully saturated rings. The van der Waals surface area contributed by atoms with Gasteiger partial charge in [-0.25, -0.2) is 22.8 Å². The molecule has 1 heterocycles. The average Bonchev–Trinajstić information content (AvgIpc) is 2.35. The van der Waals surface area contributed by atoms with Crippen LogP contribution >= 0.6 is 11.6 Å². The molecular formula is C11H9ClFN3O2S. The van der Waals surface area contributed by atoms with Crippen molar-refractivity contribution in [1.29, 1.82) is 0 Å². The topological polar surface area (TPSA) is 72.0 Å². The molecule has 0 bridgehead atoms. The van der Waals surface area contributed by atoms with Gasteiger partial charge in [-0.15, -0.1) is 0 Å². The molecule has 0 spiro atoms. The van der Waals surface area contributed by atoms with Crippen molar-refractivity contribution >= 4 is 27.3 Å². The number of nitrogens with zero attached hydrogens (tertiary/aromatic N) is 2. The molecule has 1 aromatic carbocycles. The lowest BCUT2D eigenvalue weighted by Crippen LogP contribution is -2.14. The van der Waals surface area contributed by atoms with Crippen molar-refractivity contribution < 1.29 is 12.8 Å². The SMILES string of the molecule is Cc1c(F)cccc1NS(=O)(=O)c1cnc(Cl)nc1. The summed E-state index contributed by atoms with van der Waals surface area (Å²) in [5.41, 5.74) is 0.371. The van der Waals surface area contributed by atoms with Gasteiger partial charge in [0, 0.05) is 5.56 Å². The number of nitrogens with one attached hydrogen (secondary N) is 1. The minimum Gasteiger partial charge on any atom is -0.279 e. The second-order valence-electron chi connectivity index (χ2n) is 3.71. The van der Waals surface area contributed by atoms with Gasteiger partial charge in [-0.3, -0.25) is 4.72 Å². The van der Waals surface area contributed by atoms with E-state index in [0.717, 1.165) is 12.4 Å². The van der Waals surface area contributed by atoms with Crippen LogP contribution in [0.5, 0.6) is 0 Å². The van der Waals surface area contributed by atoms with Crippen molar-refractivity contribution in [3.63, 3.8) is 0 Å². The fourth-order valence-electron chi connectivity index (χ4n) is 1.36. The minimum absolute atomic E-state index is 0.0547. The first-order valence-corrected chi connectivity index (χ1v) is 7.02. The number of aromatic nitrogens is 2. The second-order valence-corrected chi connectivity index (χ2v) is 5.73. The van der Waals surface area contributed by atoms with Crippen molar-refractivity contribution in [2.45, 2.75) is 11.8 Å². The molecule has 0 saturated heterocycles. The van der Waals surface area contributed by atoms with Gasteiger partial charge in [0.1, 0.15) is 10.7 Å². The van der Waals surface area contributed by atoms with Gasteiger partial charge in [-0.05, 0) is 30.7 Å². The maximum Gasteiger partial charge on any atom is 0.264 e. The largest absolute Gasteiger partial charge is 0.279 e. The Hall–Kier alpha value is -1.73. The zero-order valence-corrected chi connectivity index (χ0v) is 11.3. The van der Waals surface area contributed by atoms with Gasteiger partial charge in [-0.1, -0.05) is 6.07 Å². The Morgan fingerprint density at radius 3 is 2.53 bits per heavy atom. The van der Waals surface area contributed by atoms with E-state index >= 15 is 0 Å². The van der Waals surface area contributed by atoms with Gasteiger partial charge in [0.15, 0.2) is 0 Å². The van der Waals surface area contributed by atoms with Crippen LogP contribution in [0, 0.1) is 12.7 Å². The average molecular weight is 302 g/mol. The molecule has 2 rings (SSSR count). The summed E-state index contributed by atoms with van der Waals surface area (Å²) in [6.07, 6.45) is 2.15. The molecule has 0 amide bonds. The molecule has 0 aliphatic rings. The lowest BCUT2D eigenvalue weighted by atomic mass is 10.2. The third-order valence-corrected chi connectivity index (χ3v) is 3.93. The first kappa shape index (κ1) is 13.7. The van der Waals surface area contributed by atoms with Crippen LogP contribution in [0.1, 0.15) is 5.56 Å². The van der Waals surface area contributed by atoms with Crippen LogP contribution in [0.2, 0.25) is 5.28 Å². The molecule has 5 nitrogen and oxygen atoms in total. The van der Waals surface area contributed by atoms with E-state index < -0.39 is 15.8 Å². The summed E-state index contributed by atoms with van der Waals surface area (Å²) < 4.78 is 39.6. The minimum atomic E-state index is -3.87. The van der Waals surface area contributed by atoms with Crippen molar-refractivity contribution in [1.82, 2.24) is 9.97 Å². The molecule has 1 N–H and O–H groups in total. The summed E-state index contributed by atoms with van der Waals surface area (Å²) in [6, 6.07) is 4.13. The van der Waals surface area contributed by atoms with Gasteiger partial charge >= 0.3 is 0 Å². The number of sulfonamides is 1. The van der Waals surface area contributed by atoms with Crippen molar-refractivity contribution in [3.8, 4) is 0 Å². The Bertz CT molecular complexity index is 704. The van der Waals surface area contributed by atoms with Crippen LogP contribution < -0.4 is 4.72 Å². The number of benzene rings is 1. The van der Waals surface area contributed by atoms with Crippen LogP contribution in [-0.4, -0.2) is 18.4 Å². The Kier molecular flexibility index (Phi) is 3.68. The van der Waals surface area contributed by atoms with Gasteiger partial charge in [0.2, 0.25) is 5.28 Å². The summed E-state index contributed by atoms with van der Waals surface area (Å²) in [5, 5.41) is -0.0547. The van der Waals surface area contributed by atoms with Crippen molar-refractivity contribution in [3.05, 3.63) is 47.3 Å². The number of rotatable bonds is 3. The maximum absolute atomic E-state index is 13.3. The monoisotopic (exact) mass is 301 g/mol. The summed E-state index contributed by atoms with van der Waals surface area (Å²) in [4.78, 5) is 7.02. The quantitative estimate of drug-likeness (QED) is 0.884. The first-order valence-electron chi connectivity index (χ1n) is 5.15. The van der Waals surface area contributed by atoms with Gasteiger partial charge in [-0.2, -0.15) is 0 Å². The Morgan fingerprint density at radius 1 is 1.26 bits per heavy atom. The molecule has 2 aromatic rings. The molecule has 0 radical (unpaired) electrons. The van der Waals surface area contributed by atoms with Gasteiger partial charge in [0.25, 0.3) is 10.0 Å².